The Hall–Kier alpha value is -2.83. The van der Waals surface area contributed by atoms with E-state index in [1.807, 2.05) is 24.3 Å². The molecule has 0 aliphatic carbocycles. The van der Waals surface area contributed by atoms with Crippen LogP contribution in [-0.2, 0) is 17.8 Å². The summed E-state index contributed by atoms with van der Waals surface area (Å²) in [7, 11) is 0. The van der Waals surface area contributed by atoms with Crippen LogP contribution < -0.4 is 20.1 Å². The van der Waals surface area contributed by atoms with Gasteiger partial charge >= 0.3 is 0 Å². The highest BCUT2D eigenvalue weighted by Gasteiger charge is 2.17. The lowest BCUT2D eigenvalue weighted by molar-refractivity contribution is -0.120. The van der Waals surface area contributed by atoms with Gasteiger partial charge in [-0.1, -0.05) is 43.3 Å². The number of amides is 1. The lowest BCUT2D eigenvalue weighted by atomic mass is 10.0. The van der Waals surface area contributed by atoms with Crippen molar-refractivity contribution < 1.29 is 14.3 Å². The van der Waals surface area contributed by atoms with Crippen LogP contribution in [0.1, 0.15) is 34.5 Å². The molecule has 0 radical (unpaired) electrons. The van der Waals surface area contributed by atoms with E-state index in [1.165, 1.54) is 10.4 Å². The average molecular weight is 409 g/mol. The number of benzene rings is 2. The molecule has 150 valence electrons. The third-order valence-corrected chi connectivity index (χ3v) is 5.88. The molecule has 2 aromatic carbocycles. The maximum atomic E-state index is 12.4. The van der Waals surface area contributed by atoms with Crippen LogP contribution in [0.2, 0.25) is 0 Å². The van der Waals surface area contributed by atoms with Crippen molar-refractivity contribution in [2.45, 2.75) is 25.9 Å². The van der Waals surface area contributed by atoms with E-state index in [0.717, 1.165) is 29.0 Å². The van der Waals surface area contributed by atoms with Gasteiger partial charge in [-0.2, -0.15) is 0 Å². The first-order valence-electron chi connectivity index (χ1n) is 9.74. The highest BCUT2D eigenvalue weighted by molar-refractivity contribution is 7.10. The number of hydrogen-bond acceptors (Lipinski definition) is 5. The maximum absolute atomic E-state index is 12.4. The molecule has 2 N–H and O–H groups in total. The van der Waals surface area contributed by atoms with Crippen LogP contribution >= 0.6 is 11.3 Å². The summed E-state index contributed by atoms with van der Waals surface area (Å²) >= 11 is 1.69. The minimum atomic E-state index is -0.0469. The fourth-order valence-corrected chi connectivity index (χ4v) is 4.12. The van der Waals surface area contributed by atoms with Crippen molar-refractivity contribution in [1.29, 1.82) is 0 Å². The second-order valence-electron chi connectivity index (χ2n) is 6.89. The molecule has 0 fully saturated rings. The van der Waals surface area contributed by atoms with Crippen molar-refractivity contribution in [3.8, 4) is 11.5 Å². The molecule has 5 nitrogen and oxygen atoms in total. The molecule has 6 heteroatoms. The standard InChI is InChI=1S/C23H24N2O3S/c1-2-16-5-8-18(9-6-16)23(21-4-3-11-29-21)25-14-22(26)24-13-17-7-10-19-20(12-17)28-15-27-19/h3-12,23,25H,2,13-15H2,1H3,(H,24,26)/t23-/m0/s1. The monoisotopic (exact) mass is 408 g/mol. The van der Waals surface area contributed by atoms with E-state index >= 15 is 0 Å². The molecule has 29 heavy (non-hydrogen) atoms. The number of fused-ring (bicyclic) bond motifs is 1. The Bertz CT molecular complexity index is 955. The van der Waals surface area contributed by atoms with Gasteiger partial charge in [0, 0.05) is 11.4 Å². The molecule has 0 unspecified atom stereocenters. The number of thiophene rings is 1. The van der Waals surface area contributed by atoms with Gasteiger partial charge in [-0.05, 0) is 46.7 Å². The lowest BCUT2D eigenvalue weighted by Crippen LogP contribution is -2.35. The summed E-state index contributed by atoms with van der Waals surface area (Å²) in [5, 5.41) is 8.43. The largest absolute Gasteiger partial charge is 0.454 e. The fourth-order valence-electron chi connectivity index (χ4n) is 3.29. The summed E-state index contributed by atoms with van der Waals surface area (Å²) in [6, 6.07) is 18.4. The van der Waals surface area contributed by atoms with E-state index < -0.39 is 0 Å². The van der Waals surface area contributed by atoms with E-state index in [0.29, 0.717) is 6.54 Å². The Balaban J connectivity index is 1.36. The van der Waals surface area contributed by atoms with Gasteiger partial charge in [0.25, 0.3) is 0 Å². The molecule has 1 aliphatic heterocycles. The fraction of sp³-hybridized carbons (Fsp3) is 0.261. The van der Waals surface area contributed by atoms with Gasteiger partial charge in [0.2, 0.25) is 12.7 Å². The van der Waals surface area contributed by atoms with E-state index in [4.69, 9.17) is 9.47 Å². The van der Waals surface area contributed by atoms with Gasteiger partial charge in [-0.15, -0.1) is 11.3 Å². The Morgan fingerprint density at radius 2 is 1.86 bits per heavy atom. The van der Waals surface area contributed by atoms with Crippen LogP contribution in [0.5, 0.6) is 11.5 Å². The predicted octanol–water partition coefficient (Wildman–Crippen LogP) is 4.03. The molecule has 2 heterocycles. The molecule has 1 amide bonds. The van der Waals surface area contributed by atoms with Gasteiger partial charge in [0.1, 0.15) is 0 Å². The molecule has 1 aliphatic rings. The summed E-state index contributed by atoms with van der Waals surface area (Å²) in [6.07, 6.45) is 1.01. The molecule has 4 rings (SSSR count). The van der Waals surface area contributed by atoms with Crippen molar-refractivity contribution in [3.05, 3.63) is 81.5 Å². The Morgan fingerprint density at radius 3 is 2.62 bits per heavy atom. The topological polar surface area (TPSA) is 59.6 Å². The highest BCUT2D eigenvalue weighted by atomic mass is 32.1. The molecule has 0 bridgehead atoms. The third kappa shape index (κ3) is 4.78. The molecular formula is C23H24N2O3S. The van der Waals surface area contributed by atoms with E-state index in [2.05, 4.69) is 53.3 Å². The van der Waals surface area contributed by atoms with Crippen LogP contribution in [0.15, 0.2) is 60.0 Å². The first-order chi connectivity index (χ1) is 14.2. The van der Waals surface area contributed by atoms with Crippen LogP contribution in [0, 0.1) is 0 Å². The molecule has 1 aromatic heterocycles. The maximum Gasteiger partial charge on any atom is 0.234 e. The molecule has 3 aromatic rings. The van der Waals surface area contributed by atoms with E-state index in [1.54, 1.807) is 11.3 Å². The number of rotatable bonds is 8. The minimum absolute atomic E-state index is 0.00259. The zero-order valence-electron chi connectivity index (χ0n) is 16.3. The normalized spacial score (nSPS) is 13.3. The molecule has 0 spiro atoms. The zero-order chi connectivity index (χ0) is 20.1. The SMILES string of the molecule is CCc1ccc([C@H](NCC(=O)NCc2ccc3c(c2)OCO3)c2cccs2)cc1. The highest BCUT2D eigenvalue weighted by Crippen LogP contribution is 2.32. The quantitative estimate of drug-likeness (QED) is 0.591. The Morgan fingerprint density at radius 1 is 1.07 bits per heavy atom. The Kier molecular flexibility index (Phi) is 6.12. The number of carbonyl (C=O) groups excluding carboxylic acids is 1. The van der Waals surface area contributed by atoms with Crippen LogP contribution in [0.25, 0.3) is 0 Å². The summed E-state index contributed by atoms with van der Waals surface area (Å²) in [5.74, 6) is 1.42. The van der Waals surface area contributed by atoms with Crippen molar-refractivity contribution in [1.82, 2.24) is 10.6 Å². The van der Waals surface area contributed by atoms with Crippen molar-refractivity contribution in [3.63, 3.8) is 0 Å². The summed E-state index contributed by atoms with van der Waals surface area (Å²) in [5.41, 5.74) is 3.45. The van der Waals surface area contributed by atoms with Gasteiger partial charge in [0.15, 0.2) is 11.5 Å². The van der Waals surface area contributed by atoms with Gasteiger partial charge in [0.05, 0.1) is 12.6 Å². The van der Waals surface area contributed by atoms with Gasteiger partial charge < -0.3 is 14.8 Å². The number of nitrogens with one attached hydrogen (secondary N) is 2. The number of carbonyl (C=O) groups is 1. The second-order valence-corrected chi connectivity index (χ2v) is 7.87. The smallest absolute Gasteiger partial charge is 0.234 e. The Labute approximate surface area is 174 Å². The number of hydrogen-bond donors (Lipinski definition) is 2. The molecular weight excluding hydrogens is 384 g/mol. The van der Waals surface area contributed by atoms with E-state index in [9.17, 15) is 4.79 Å². The summed E-state index contributed by atoms with van der Waals surface area (Å²) in [4.78, 5) is 13.6. The van der Waals surface area contributed by atoms with Crippen molar-refractivity contribution >= 4 is 17.2 Å². The number of aryl methyl sites for hydroxylation is 1. The van der Waals surface area contributed by atoms with E-state index in [-0.39, 0.29) is 25.3 Å². The van der Waals surface area contributed by atoms with Crippen molar-refractivity contribution in [2.75, 3.05) is 13.3 Å². The van der Waals surface area contributed by atoms with Crippen LogP contribution in [0.3, 0.4) is 0 Å². The predicted molar refractivity (Wildman–Crippen MR) is 114 cm³/mol. The second kappa shape index (κ2) is 9.11. The van der Waals surface area contributed by atoms with Gasteiger partial charge in [-0.3, -0.25) is 10.1 Å². The first kappa shape index (κ1) is 19.5. The summed E-state index contributed by atoms with van der Waals surface area (Å²) in [6.45, 7) is 3.08. The average Bonchev–Trinajstić information content (AvgIpc) is 3.44. The van der Waals surface area contributed by atoms with Gasteiger partial charge in [-0.25, -0.2) is 0 Å². The van der Waals surface area contributed by atoms with Crippen molar-refractivity contribution in [2.24, 2.45) is 0 Å². The minimum Gasteiger partial charge on any atom is -0.454 e. The zero-order valence-corrected chi connectivity index (χ0v) is 17.1. The first-order valence-corrected chi connectivity index (χ1v) is 10.6. The molecule has 1 atom stereocenters. The molecule has 0 saturated carbocycles. The lowest BCUT2D eigenvalue weighted by Gasteiger charge is -2.18. The third-order valence-electron chi connectivity index (χ3n) is 4.94. The summed E-state index contributed by atoms with van der Waals surface area (Å²) < 4.78 is 10.7. The van der Waals surface area contributed by atoms with Crippen LogP contribution in [-0.4, -0.2) is 19.2 Å². The number of ether oxygens (including phenoxy) is 2. The molecule has 0 saturated heterocycles. The van der Waals surface area contributed by atoms with Crippen LogP contribution in [0.4, 0.5) is 0 Å².